The SMILES string of the molecule is CC(=O)N[C@@H]1[C@H](Oc2ccc3oc(=O)sc3c2C)O[C@@H](COC(C)=O)[C@@H](OC(C)=O)[C@H]1OC(C)=O. The van der Waals surface area contributed by atoms with Crippen LogP contribution in [0.1, 0.15) is 33.3 Å². The Morgan fingerprint density at radius 1 is 1.00 bits per heavy atom. The predicted octanol–water partition coefficient (Wildman–Crippen LogP) is 1.20. The fraction of sp³-hybridized carbons (Fsp3) is 0.500. The lowest BCUT2D eigenvalue weighted by molar-refractivity contribution is -0.257. The molecule has 1 aromatic heterocycles. The fourth-order valence-electron chi connectivity index (χ4n) is 3.69. The molecule has 5 atom stereocenters. The van der Waals surface area contributed by atoms with E-state index in [9.17, 15) is 24.0 Å². The van der Waals surface area contributed by atoms with Crippen LogP contribution in [0.4, 0.5) is 0 Å². The Balaban J connectivity index is 2.03. The number of hydrogen-bond donors (Lipinski definition) is 1. The van der Waals surface area contributed by atoms with Crippen molar-refractivity contribution in [3.8, 4) is 5.75 Å². The molecule has 2 heterocycles. The summed E-state index contributed by atoms with van der Waals surface area (Å²) in [7, 11) is 0. The van der Waals surface area contributed by atoms with E-state index in [4.69, 9.17) is 28.1 Å². The molecule has 190 valence electrons. The lowest BCUT2D eigenvalue weighted by Gasteiger charge is -2.44. The highest BCUT2D eigenvalue weighted by Crippen LogP contribution is 2.33. The Kier molecular flexibility index (Phi) is 8.12. The van der Waals surface area contributed by atoms with Crippen LogP contribution in [-0.2, 0) is 38.1 Å². The van der Waals surface area contributed by atoms with Crippen molar-refractivity contribution < 1.29 is 47.3 Å². The van der Waals surface area contributed by atoms with Crippen LogP contribution in [0.25, 0.3) is 10.3 Å². The van der Waals surface area contributed by atoms with E-state index in [2.05, 4.69) is 5.32 Å². The first-order valence-electron chi connectivity index (χ1n) is 10.6. The Morgan fingerprint density at radius 2 is 1.66 bits per heavy atom. The van der Waals surface area contributed by atoms with E-state index in [0.29, 0.717) is 21.6 Å². The van der Waals surface area contributed by atoms with Gasteiger partial charge >= 0.3 is 22.8 Å². The first kappa shape index (κ1) is 26.2. The number of fused-ring (bicyclic) bond motifs is 1. The molecule has 1 saturated heterocycles. The van der Waals surface area contributed by atoms with Gasteiger partial charge in [0, 0.05) is 33.3 Å². The number of ether oxygens (including phenoxy) is 5. The number of aryl methyl sites for hydroxylation is 1. The molecule has 3 rings (SSSR count). The van der Waals surface area contributed by atoms with E-state index in [1.165, 1.54) is 13.8 Å². The van der Waals surface area contributed by atoms with Crippen LogP contribution in [0.2, 0.25) is 0 Å². The average molecular weight is 512 g/mol. The highest BCUT2D eigenvalue weighted by Gasteiger charge is 2.52. The summed E-state index contributed by atoms with van der Waals surface area (Å²) in [6.45, 7) is 6.10. The summed E-state index contributed by atoms with van der Waals surface area (Å²) in [5.41, 5.74) is 0.958. The van der Waals surface area contributed by atoms with Crippen molar-refractivity contribution in [2.24, 2.45) is 0 Å². The van der Waals surface area contributed by atoms with Gasteiger partial charge in [-0.05, 0) is 19.1 Å². The zero-order valence-corrected chi connectivity index (χ0v) is 20.5. The van der Waals surface area contributed by atoms with E-state index in [-0.39, 0.29) is 6.61 Å². The summed E-state index contributed by atoms with van der Waals surface area (Å²) in [5, 5.41) is 2.63. The van der Waals surface area contributed by atoms with Gasteiger partial charge < -0.3 is 33.4 Å². The van der Waals surface area contributed by atoms with Gasteiger partial charge in [0.25, 0.3) is 0 Å². The third-order valence-electron chi connectivity index (χ3n) is 5.01. The van der Waals surface area contributed by atoms with Crippen LogP contribution in [0.3, 0.4) is 0 Å². The van der Waals surface area contributed by atoms with E-state index in [1.807, 2.05) is 0 Å². The Hall–Kier alpha value is -3.45. The second kappa shape index (κ2) is 10.9. The number of esters is 3. The summed E-state index contributed by atoms with van der Waals surface area (Å²) >= 11 is 0.897. The molecule has 0 unspecified atom stereocenters. The number of hydrogen-bond acceptors (Lipinski definition) is 12. The second-order valence-electron chi connectivity index (χ2n) is 7.81. The molecule has 12 nitrogen and oxygen atoms in total. The van der Waals surface area contributed by atoms with E-state index in [0.717, 1.165) is 25.2 Å². The van der Waals surface area contributed by atoms with Crippen LogP contribution in [0, 0.1) is 6.92 Å². The first-order valence-corrected chi connectivity index (χ1v) is 11.4. The van der Waals surface area contributed by atoms with E-state index >= 15 is 0 Å². The largest absolute Gasteiger partial charge is 0.463 e. The smallest absolute Gasteiger partial charge is 0.396 e. The zero-order chi connectivity index (χ0) is 25.9. The molecule has 35 heavy (non-hydrogen) atoms. The van der Waals surface area contributed by atoms with Crippen molar-refractivity contribution in [2.75, 3.05) is 6.61 Å². The van der Waals surface area contributed by atoms with Crippen molar-refractivity contribution >= 4 is 45.4 Å². The second-order valence-corrected chi connectivity index (χ2v) is 8.75. The summed E-state index contributed by atoms with van der Waals surface area (Å²) in [5.74, 6) is -2.23. The first-order chi connectivity index (χ1) is 16.5. The summed E-state index contributed by atoms with van der Waals surface area (Å²) < 4.78 is 33.6. The number of carbonyl (C=O) groups is 4. The Labute approximate surface area is 203 Å². The Bertz CT molecular complexity index is 1190. The molecule has 0 radical (unpaired) electrons. The monoisotopic (exact) mass is 511 g/mol. The third-order valence-corrected chi connectivity index (χ3v) is 5.97. The standard InChI is InChI=1S/C22H25NO11S/c1-9-14(6-7-15-20(9)35-22(28)34-15)32-21-17(23-10(2)24)19(31-13(5)27)18(30-12(4)26)16(33-21)8-29-11(3)25/h6-7,16-19,21H,8H2,1-5H3,(H,23,24)/t16-,17-,18+,19-,21+/m0/s1. The maximum absolute atomic E-state index is 12.0. The molecule has 1 amide bonds. The minimum Gasteiger partial charge on any atom is -0.463 e. The van der Waals surface area contributed by atoms with Gasteiger partial charge in [0.05, 0.1) is 4.70 Å². The number of benzene rings is 1. The molecule has 1 aliphatic heterocycles. The molecule has 1 N–H and O–H groups in total. The van der Waals surface area contributed by atoms with Gasteiger partial charge in [-0.15, -0.1) is 0 Å². The minimum absolute atomic E-state index is 0.300. The van der Waals surface area contributed by atoms with Crippen LogP contribution < -0.4 is 15.0 Å². The lowest BCUT2D eigenvalue weighted by Crippen LogP contribution is -2.67. The van der Waals surface area contributed by atoms with Gasteiger partial charge in [-0.3, -0.25) is 19.2 Å². The van der Waals surface area contributed by atoms with Gasteiger partial charge in [-0.2, -0.15) is 0 Å². The molecule has 1 fully saturated rings. The van der Waals surface area contributed by atoms with Crippen molar-refractivity contribution in [2.45, 2.75) is 65.3 Å². The molecular weight excluding hydrogens is 486 g/mol. The van der Waals surface area contributed by atoms with Crippen LogP contribution in [0.15, 0.2) is 21.3 Å². The zero-order valence-electron chi connectivity index (χ0n) is 19.6. The molecule has 0 spiro atoms. The van der Waals surface area contributed by atoms with Gasteiger partial charge in [-0.1, -0.05) is 11.3 Å². The van der Waals surface area contributed by atoms with Crippen LogP contribution >= 0.6 is 11.3 Å². The molecule has 0 aliphatic carbocycles. The molecule has 1 aliphatic rings. The number of carbonyl (C=O) groups excluding carboxylic acids is 4. The summed E-state index contributed by atoms with van der Waals surface area (Å²) in [4.78, 5) is 58.4. The normalized spacial score (nSPS) is 23.9. The maximum atomic E-state index is 12.0. The topological polar surface area (TPSA) is 157 Å². The van der Waals surface area contributed by atoms with Crippen molar-refractivity contribution in [1.29, 1.82) is 0 Å². The van der Waals surface area contributed by atoms with Gasteiger partial charge in [0.15, 0.2) is 12.2 Å². The van der Waals surface area contributed by atoms with Gasteiger partial charge in [0.2, 0.25) is 12.2 Å². The number of rotatable bonds is 7. The molecule has 13 heteroatoms. The third kappa shape index (κ3) is 6.36. The van der Waals surface area contributed by atoms with Crippen molar-refractivity contribution in [3.63, 3.8) is 0 Å². The van der Waals surface area contributed by atoms with Crippen LogP contribution in [0.5, 0.6) is 5.75 Å². The van der Waals surface area contributed by atoms with Crippen LogP contribution in [-0.4, -0.2) is 61.1 Å². The highest BCUT2D eigenvalue weighted by molar-refractivity contribution is 7.16. The Morgan fingerprint density at radius 3 is 2.26 bits per heavy atom. The van der Waals surface area contributed by atoms with Gasteiger partial charge in [-0.25, -0.2) is 4.79 Å². The quantitative estimate of drug-likeness (QED) is 0.421. The average Bonchev–Trinajstić information content (AvgIpc) is 3.13. The number of amides is 1. The lowest BCUT2D eigenvalue weighted by atomic mass is 9.96. The van der Waals surface area contributed by atoms with Crippen molar-refractivity contribution in [3.05, 3.63) is 27.4 Å². The van der Waals surface area contributed by atoms with Crippen molar-refractivity contribution in [1.82, 2.24) is 5.32 Å². The minimum atomic E-state index is -1.27. The van der Waals surface area contributed by atoms with E-state index < -0.39 is 59.4 Å². The molecule has 0 saturated carbocycles. The van der Waals surface area contributed by atoms with E-state index in [1.54, 1.807) is 19.1 Å². The molecule has 2 aromatic rings. The summed E-state index contributed by atoms with van der Waals surface area (Å²) in [6, 6.07) is 1.99. The van der Waals surface area contributed by atoms with Gasteiger partial charge in [0.1, 0.15) is 30.1 Å². The molecule has 0 bridgehead atoms. The highest BCUT2D eigenvalue weighted by atomic mass is 32.1. The fourth-order valence-corrected chi connectivity index (χ4v) is 4.46. The maximum Gasteiger partial charge on any atom is 0.396 e. The summed E-state index contributed by atoms with van der Waals surface area (Å²) in [6.07, 6.45) is -4.84. The predicted molar refractivity (Wildman–Crippen MR) is 120 cm³/mol. The molecular formula is C22H25NO11S. The number of nitrogens with one attached hydrogen (secondary N) is 1. The molecule has 1 aromatic carbocycles.